The Morgan fingerprint density at radius 3 is 2.78 bits per heavy atom. The van der Waals surface area contributed by atoms with Gasteiger partial charge in [0.15, 0.2) is 0 Å². The second kappa shape index (κ2) is 6.25. The van der Waals surface area contributed by atoms with Crippen LogP contribution in [-0.4, -0.2) is 40.7 Å². The molecule has 0 saturated carbocycles. The summed E-state index contributed by atoms with van der Waals surface area (Å²) in [7, 11) is 1.46. The third-order valence-corrected chi connectivity index (χ3v) is 4.92. The van der Waals surface area contributed by atoms with Gasteiger partial charge >= 0.3 is 6.03 Å². The number of carbonyl (C=O) groups is 2. The minimum Gasteiger partial charge on any atom is -0.472 e. The van der Waals surface area contributed by atoms with Crippen LogP contribution in [0.3, 0.4) is 0 Å². The van der Waals surface area contributed by atoms with Gasteiger partial charge < -0.3 is 9.64 Å². The normalized spacial score (nSPS) is 16.1. The number of ether oxygens (including phenoxy) is 1. The Bertz CT molecular complexity index is 766. The van der Waals surface area contributed by atoms with Crippen molar-refractivity contribution in [2.24, 2.45) is 0 Å². The molecule has 1 aromatic heterocycles. The van der Waals surface area contributed by atoms with Crippen LogP contribution in [0.15, 0.2) is 28.7 Å². The molecule has 7 nitrogen and oxygen atoms in total. The van der Waals surface area contributed by atoms with Crippen molar-refractivity contribution in [2.75, 3.05) is 18.6 Å². The van der Waals surface area contributed by atoms with Crippen LogP contribution in [0.5, 0.6) is 5.19 Å². The van der Waals surface area contributed by atoms with Crippen LogP contribution >= 0.6 is 27.3 Å². The molecule has 2 heterocycles. The molecular weight excluding hydrogens is 384 g/mol. The van der Waals surface area contributed by atoms with E-state index in [-0.39, 0.29) is 23.6 Å². The molecule has 0 unspecified atom stereocenters. The van der Waals surface area contributed by atoms with E-state index in [2.05, 4.69) is 26.1 Å². The van der Waals surface area contributed by atoms with Crippen LogP contribution in [0, 0.1) is 0 Å². The first-order valence-electron chi connectivity index (χ1n) is 6.77. The molecule has 1 atom stereocenters. The van der Waals surface area contributed by atoms with Crippen molar-refractivity contribution in [3.8, 4) is 5.19 Å². The van der Waals surface area contributed by atoms with Crippen LogP contribution in [0.2, 0.25) is 0 Å². The zero-order valence-electron chi connectivity index (χ0n) is 12.4. The van der Waals surface area contributed by atoms with Gasteiger partial charge in [0.1, 0.15) is 6.54 Å². The van der Waals surface area contributed by atoms with Crippen LogP contribution in [-0.2, 0) is 4.79 Å². The number of benzene rings is 1. The lowest BCUT2D eigenvalue weighted by Crippen LogP contribution is -2.34. The van der Waals surface area contributed by atoms with E-state index in [1.54, 1.807) is 0 Å². The van der Waals surface area contributed by atoms with Crippen LogP contribution in [0.1, 0.15) is 18.5 Å². The van der Waals surface area contributed by atoms with E-state index in [9.17, 15) is 9.59 Å². The minimum absolute atomic E-state index is 0.00834. The number of hydrogen-bond donors (Lipinski definition) is 0. The maximum Gasteiger partial charge on any atom is 0.334 e. The SMILES string of the molecule is COc1nnc(N2C(=O)CN([C@H](C)c3cccc(Br)c3)C2=O)s1. The van der Waals surface area contributed by atoms with Gasteiger partial charge in [-0.2, -0.15) is 0 Å². The summed E-state index contributed by atoms with van der Waals surface area (Å²) < 4.78 is 5.88. The Hall–Kier alpha value is -2.00. The maximum absolute atomic E-state index is 12.6. The van der Waals surface area contributed by atoms with E-state index in [4.69, 9.17) is 4.74 Å². The summed E-state index contributed by atoms with van der Waals surface area (Å²) in [6.45, 7) is 1.89. The molecule has 1 fully saturated rings. The summed E-state index contributed by atoms with van der Waals surface area (Å²) >= 11 is 4.47. The standard InChI is InChI=1S/C14H13BrN4O3S/c1-8(9-4-3-5-10(15)6-9)18-7-11(20)19(14(18)21)12-16-17-13(22-2)23-12/h3-6,8H,7H2,1-2H3/t8-/m1/s1. The molecule has 0 aliphatic carbocycles. The molecule has 3 rings (SSSR count). The summed E-state index contributed by atoms with van der Waals surface area (Å²) in [6, 6.07) is 7.02. The van der Waals surface area contributed by atoms with E-state index in [1.807, 2.05) is 31.2 Å². The zero-order valence-corrected chi connectivity index (χ0v) is 14.8. The Morgan fingerprint density at radius 1 is 1.35 bits per heavy atom. The molecule has 1 aliphatic heterocycles. The molecule has 0 bridgehead atoms. The number of anilines is 1. The fourth-order valence-corrected chi connectivity index (χ4v) is 3.42. The largest absolute Gasteiger partial charge is 0.472 e. The van der Waals surface area contributed by atoms with E-state index >= 15 is 0 Å². The topological polar surface area (TPSA) is 75.6 Å². The molecule has 3 amide bonds. The van der Waals surface area contributed by atoms with Gasteiger partial charge in [0.05, 0.1) is 13.2 Å². The molecule has 0 radical (unpaired) electrons. The highest BCUT2D eigenvalue weighted by Gasteiger charge is 2.41. The number of rotatable bonds is 4. The summed E-state index contributed by atoms with van der Waals surface area (Å²) in [5, 5.41) is 8.14. The molecule has 23 heavy (non-hydrogen) atoms. The van der Waals surface area contributed by atoms with Gasteiger partial charge in [0, 0.05) is 4.47 Å². The fourth-order valence-electron chi connectivity index (χ4n) is 2.33. The van der Waals surface area contributed by atoms with Crippen molar-refractivity contribution in [1.82, 2.24) is 15.1 Å². The number of carbonyl (C=O) groups excluding carboxylic acids is 2. The Balaban J connectivity index is 1.86. The average Bonchev–Trinajstić information content (AvgIpc) is 3.11. The van der Waals surface area contributed by atoms with Gasteiger partial charge in [0.2, 0.25) is 5.13 Å². The predicted octanol–water partition coefficient (Wildman–Crippen LogP) is 2.84. The van der Waals surface area contributed by atoms with Crippen LogP contribution < -0.4 is 9.64 Å². The number of hydrogen-bond acceptors (Lipinski definition) is 6. The van der Waals surface area contributed by atoms with Crippen LogP contribution in [0.4, 0.5) is 9.93 Å². The number of urea groups is 1. The van der Waals surface area contributed by atoms with E-state index in [0.717, 1.165) is 26.3 Å². The second-order valence-corrected chi connectivity index (χ2v) is 6.76. The molecule has 1 aromatic carbocycles. The Kier molecular flexibility index (Phi) is 4.31. The molecule has 1 aliphatic rings. The summed E-state index contributed by atoms with van der Waals surface area (Å²) in [5.74, 6) is -0.323. The average molecular weight is 397 g/mol. The van der Waals surface area contributed by atoms with Crippen molar-refractivity contribution in [2.45, 2.75) is 13.0 Å². The monoisotopic (exact) mass is 396 g/mol. The van der Waals surface area contributed by atoms with Gasteiger partial charge in [-0.1, -0.05) is 33.2 Å². The molecule has 1 saturated heterocycles. The number of nitrogens with zero attached hydrogens (tertiary/aromatic N) is 4. The Morgan fingerprint density at radius 2 is 2.13 bits per heavy atom. The highest BCUT2D eigenvalue weighted by atomic mass is 79.9. The molecule has 120 valence electrons. The summed E-state index contributed by atoms with van der Waals surface area (Å²) in [6.07, 6.45) is 0. The summed E-state index contributed by atoms with van der Waals surface area (Å²) in [4.78, 5) is 27.4. The summed E-state index contributed by atoms with van der Waals surface area (Å²) in [5.41, 5.74) is 0.942. The lowest BCUT2D eigenvalue weighted by Gasteiger charge is -2.23. The number of aromatic nitrogens is 2. The maximum atomic E-state index is 12.6. The minimum atomic E-state index is -0.402. The van der Waals surface area contributed by atoms with Crippen molar-refractivity contribution < 1.29 is 14.3 Å². The van der Waals surface area contributed by atoms with E-state index < -0.39 is 6.03 Å². The van der Waals surface area contributed by atoms with Crippen molar-refractivity contribution >= 4 is 44.3 Å². The third-order valence-electron chi connectivity index (χ3n) is 3.55. The van der Waals surface area contributed by atoms with E-state index in [1.165, 1.54) is 12.0 Å². The molecule has 9 heteroatoms. The second-order valence-electron chi connectivity index (χ2n) is 4.93. The van der Waals surface area contributed by atoms with Crippen molar-refractivity contribution in [3.63, 3.8) is 0 Å². The van der Waals surface area contributed by atoms with Gasteiger partial charge in [-0.05, 0) is 36.0 Å². The molecule has 0 spiro atoms. The smallest absolute Gasteiger partial charge is 0.334 e. The van der Waals surface area contributed by atoms with Crippen molar-refractivity contribution in [3.05, 3.63) is 34.3 Å². The zero-order chi connectivity index (χ0) is 16.6. The fraction of sp³-hybridized carbons (Fsp3) is 0.286. The number of methoxy groups -OCH3 is 1. The van der Waals surface area contributed by atoms with Crippen LogP contribution in [0.25, 0.3) is 0 Å². The number of amides is 3. The lowest BCUT2D eigenvalue weighted by molar-refractivity contribution is -0.116. The van der Waals surface area contributed by atoms with Gasteiger partial charge in [-0.15, -0.1) is 5.10 Å². The number of imide groups is 1. The lowest BCUT2D eigenvalue weighted by atomic mass is 10.1. The first kappa shape index (κ1) is 15.9. The van der Waals surface area contributed by atoms with Crippen molar-refractivity contribution in [1.29, 1.82) is 0 Å². The highest BCUT2D eigenvalue weighted by Crippen LogP contribution is 2.32. The van der Waals surface area contributed by atoms with Gasteiger partial charge in [0.25, 0.3) is 11.1 Å². The number of halogens is 1. The first-order chi connectivity index (χ1) is 11.0. The molecule has 2 aromatic rings. The molecular formula is C14H13BrN4O3S. The first-order valence-corrected chi connectivity index (χ1v) is 8.38. The molecule has 0 N–H and O–H groups in total. The quantitative estimate of drug-likeness (QED) is 0.742. The highest BCUT2D eigenvalue weighted by molar-refractivity contribution is 9.10. The van der Waals surface area contributed by atoms with Gasteiger partial charge in [-0.25, -0.2) is 9.69 Å². The van der Waals surface area contributed by atoms with E-state index in [0.29, 0.717) is 5.19 Å². The van der Waals surface area contributed by atoms with Gasteiger partial charge in [-0.3, -0.25) is 4.79 Å². The predicted molar refractivity (Wildman–Crippen MR) is 88.6 cm³/mol. The Labute approximate surface area is 145 Å². The third kappa shape index (κ3) is 2.93.